The topological polar surface area (TPSA) is 197 Å². The van der Waals surface area contributed by atoms with Crippen molar-refractivity contribution in [1.82, 2.24) is 0 Å². The Morgan fingerprint density at radius 2 is 0.354 bits per heavy atom. The molecule has 18 heteroatoms. The monoisotopic (exact) mass is 1370 g/mol. The SMILES string of the molecule is [O-][Cl+3]([O-])([O-])[O-].[O-][Cl+3]([O-])([O-])[O-].c1ccc(N(c2ccccc2)c2ccc([C+](c3ccc(-c4ccc([C+](c5ccc(N(c6ccccc6)c6ccccc6)s5)c5ccc(N(c6ccccc6)c6ccccc6)s5)cc4)cc3)c3ccc(N(c4ccccc4)c4ccccc4)s3)s2)cc1. The Morgan fingerprint density at radius 3 is 0.510 bits per heavy atom. The molecule has 0 N–H and O–H groups in total. The van der Waals surface area contributed by atoms with Crippen LogP contribution in [0.4, 0.5) is 65.5 Å². The standard InChI is InChI=1S/C78H56N4S4.2ClHO4/c1-9-25-61(26-10-1)79(62-27-11-2-12-28-62)73-53-49-69(83-73)77(70-50-54-74(84-70)80(63-29-13-3-14-30-63)64-31-15-4-16-32-64)59-45-41-57(42-46-59)58-43-47-60(48-44-58)78(71-51-55-75(85-71)81(65-33-17-5-18-34-65)66-35-19-6-20-36-66)72-52-56-76(86-72)82(67-37-21-7-22-38-67)68-39-23-8-24-40-68;2*2-1(3,4)5/h1-56H;2*(H,2,3,4,5)/q+2;;/p-2. The summed E-state index contributed by atoms with van der Waals surface area (Å²) in [5.41, 5.74) is 13.5. The van der Waals surface area contributed by atoms with Crippen molar-refractivity contribution in [1.29, 1.82) is 0 Å². The minimum Gasteiger partial charge on any atom is -0.301 e. The molecule has 0 radical (unpaired) electrons. The second-order valence-electron chi connectivity index (χ2n) is 21.2. The Labute approximate surface area is 577 Å². The van der Waals surface area contributed by atoms with Gasteiger partial charge in [0.15, 0.2) is 0 Å². The Morgan fingerprint density at radius 1 is 0.198 bits per heavy atom. The van der Waals surface area contributed by atoms with E-state index in [4.69, 9.17) is 37.3 Å². The molecule has 0 saturated heterocycles. The molecule has 0 aliphatic rings. The van der Waals surface area contributed by atoms with Gasteiger partial charge in [0, 0.05) is 118 Å². The van der Waals surface area contributed by atoms with Gasteiger partial charge in [-0.05, 0) is 132 Å². The summed E-state index contributed by atoms with van der Waals surface area (Å²) >= 11 is 7.27. The number of thiophene rings is 4. The molecule has 0 aliphatic heterocycles. The summed E-state index contributed by atoms with van der Waals surface area (Å²) in [7, 11) is -9.89. The van der Waals surface area contributed by atoms with Crippen molar-refractivity contribution in [3.05, 3.63) is 382 Å². The molecule has 0 unspecified atom stereocenters. The summed E-state index contributed by atoms with van der Waals surface area (Å²) in [4.78, 5) is 14.2. The number of benzene rings is 10. The normalized spacial score (nSPS) is 11.1. The van der Waals surface area contributed by atoms with Crippen LogP contribution in [0.15, 0.2) is 340 Å². The molecule has 0 aliphatic carbocycles. The maximum absolute atomic E-state index is 8.49. The lowest BCUT2D eigenvalue weighted by atomic mass is 9.92. The third-order valence-electron chi connectivity index (χ3n) is 15.0. The van der Waals surface area contributed by atoms with Crippen molar-refractivity contribution < 1.29 is 57.8 Å². The van der Waals surface area contributed by atoms with Gasteiger partial charge < -0.3 is 19.6 Å². The zero-order valence-corrected chi connectivity index (χ0v) is 55.6. The van der Waals surface area contributed by atoms with Crippen molar-refractivity contribution in [3.63, 3.8) is 0 Å². The van der Waals surface area contributed by atoms with E-state index in [9.17, 15) is 0 Å². The van der Waals surface area contributed by atoms with Gasteiger partial charge in [0.05, 0.1) is 23.0 Å². The number of halogens is 2. The first kappa shape index (κ1) is 66.2. The molecular formula is C78H56Cl2N4O8S4. The van der Waals surface area contributed by atoms with E-state index in [1.807, 2.05) is 45.3 Å². The molecule has 0 saturated carbocycles. The molecule has 14 aromatic rings. The average molecular weight is 1380 g/mol. The largest absolute Gasteiger partial charge is 0.301 e. The van der Waals surface area contributed by atoms with Crippen LogP contribution in [0.2, 0.25) is 0 Å². The molecule has 4 aromatic heterocycles. The molecule has 0 atom stereocenters. The molecule has 4 heterocycles. The van der Waals surface area contributed by atoms with Crippen LogP contribution in [-0.2, 0) is 0 Å². The van der Waals surface area contributed by atoms with Gasteiger partial charge >= 0.3 is 0 Å². The number of rotatable bonds is 19. The number of anilines is 12. The second kappa shape index (κ2) is 30.7. The Kier molecular flexibility index (Phi) is 21.2. The van der Waals surface area contributed by atoms with E-state index >= 15 is 0 Å². The smallest absolute Gasteiger partial charge is 0.110 e. The molecule has 474 valence electrons. The lowest BCUT2D eigenvalue weighted by Crippen LogP contribution is -2.68. The number of hydrogen-bond donors (Lipinski definition) is 0. The molecule has 0 bridgehead atoms. The van der Waals surface area contributed by atoms with Crippen LogP contribution in [0.5, 0.6) is 0 Å². The predicted octanol–water partition coefficient (Wildman–Crippen LogP) is 14.0. The molecule has 14 rings (SSSR count). The third kappa shape index (κ3) is 16.8. The molecule has 0 amide bonds. The van der Waals surface area contributed by atoms with Gasteiger partial charge in [0.2, 0.25) is 0 Å². The summed E-state index contributed by atoms with van der Waals surface area (Å²) in [6, 6.07) is 122. The quantitative estimate of drug-likeness (QED) is 0.0695. The summed E-state index contributed by atoms with van der Waals surface area (Å²) in [5.74, 6) is 2.39. The van der Waals surface area contributed by atoms with E-state index in [0.717, 1.165) is 87.8 Å². The number of hydrogen-bond acceptors (Lipinski definition) is 16. The third-order valence-corrected chi connectivity index (χ3v) is 19.4. The molecular weight excluding hydrogens is 1320 g/mol. The van der Waals surface area contributed by atoms with Gasteiger partial charge in [-0.15, -0.1) is 20.5 Å². The van der Waals surface area contributed by atoms with Crippen molar-refractivity contribution in [2.75, 3.05) is 19.6 Å². The van der Waals surface area contributed by atoms with Crippen molar-refractivity contribution >= 4 is 111 Å². The first-order valence-corrected chi connectivity index (χ1v) is 35.6. The van der Waals surface area contributed by atoms with Crippen LogP contribution in [-0.4, -0.2) is 0 Å². The highest BCUT2D eigenvalue weighted by Crippen LogP contribution is 2.50. The van der Waals surface area contributed by atoms with Gasteiger partial charge in [-0.3, -0.25) is 0 Å². The number of nitrogens with zero attached hydrogens (tertiary/aromatic N) is 4. The van der Waals surface area contributed by atoms with Crippen molar-refractivity contribution in [2.45, 2.75) is 0 Å². The second-order valence-corrected chi connectivity index (χ2v) is 27.0. The summed E-state index contributed by atoms with van der Waals surface area (Å²) < 4.78 is 67.9. The molecule has 10 aromatic carbocycles. The highest BCUT2D eigenvalue weighted by molar-refractivity contribution is 7.19. The van der Waals surface area contributed by atoms with Gasteiger partial charge in [-0.2, -0.15) is 0 Å². The Bertz CT molecular complexity index is 3950. The first-order valence-electron chi connectivity index (χ1n) is 29.9. The van der Waals surface area contributed by atoms with Crippen LogP contribution in [0, 0.1) is 32.3 Å². The van der Waals surface area contributed by atoms with E-state index in [-0.39, 0.29) is 0 Å². The van der Waals surface area contributed by atoms with Crippen LogP contribution in [0.3, 0.4) is 0 Å². The van der Waals surface area contributed by atoms with Crippen LogP contribution in [0.25, 0.3) is 11.1 Å². The highest BCUT2D eigenvalue weighted by atomic mass is 35.7. The van der Waals surface area contributed by atoms with E-state index in [1.165, 1.54) is 31.3 Å². The summed E-state index contributed by atoms with van der Waals surface area (Å²) in [5, 5.41) is 4.56. The van der Waals surface area contributed by atoms with Crippen molar-refractivity contribution in [3.8, 4) is 11.1 Å². The van der Waals surface area contributed by atoms with E-state index in [1.54, 1.807) is 0 Å². The zero-order chi connectivity index (χ0) is 66.4. The Balaban J connectivity index is 0.000000822. The minimum absolute atomic E-state index is 1.12. The predicted molar refractivity (Wildman–Crippen MR) is 369 cm³/mol. The van der Waals surface area contributed by atoms with Crippen LogP contribution < -0.4 is 56.9 Å². The maximum Gasteiger partial charge on any atom is 0.110 e. The molecule has 0 fully saturated rings. The Hall–Kier alpha value is -9.80. The lowest BCUT2D eigenvalue weighted by molar-refractivity contribution is -2.00. The fraction of sp³-hybridized carbons (Fsp3) is 0. The lowest BCUT2D eigenvalue weighted by Gasteiger charge is -2.23. The first-order chi connectivity index (χ1) is 46.7. The van der Waals surface area contributed by atoms with Crippen molar-refractivity contribution in [2.24, 2.45) is 0 Å². The fourth-order valence-electron chi connectivity index (χ4n) is 11.0. The number of para-hydroxylation sites is 8. The summed E-state index contributed by atoms with van der Waals surface area (Å²) in [6.07, 6.45) is 0. The zero-order valence-electron chi connectivity index (χ0n) is 50.8. The van der Waals surface area contributed by atoms with Gasteiger partial charge in [0.1, 0.15) is 39.5 Å². The van der Waals surface area contributed by atoms with Gasteiger partial charge in [0.25, 0.3) is 0 Å². The molecule has 96 heavy (non-hydrogen) atoms. The van der Waals surface area contributed by atoms with Crippen LogP contribution >= 0.6 is 45.3 Å². The molecule has 12 nitrogen and oxygen atoms in total. The van der Waals surface area contributed by atoms with Crippen LogP contribution in [0.1, 0.15) is 30.6 Å². The maximum atomic E-state index is 8.49. The summed E-state index contributed by atoms with van der Waals surface area (Å²) in [6.45, 7) is 0. The van der Waals surface area contributed by atoms with E-state index in [2.05, 4.69) is 359 Å². The van der Waals surface area contributed by atoms with E-state index < -0.39 is 20.5 Å². The van der Waals surface area contributed by atoms with Gasteiger partial charge in [-0.1, -0.05) is 191 Å². The van der Waals surface area contributed by atoms with Gasteiger partial charge in [-0.25, -0.2) is 37.3 Å². The van der Waals surface area contributed by atoms with E-state index in [0.29, 0.717) is 0 Å². The average Bonchev–Trinajstić information content (AvgIpc) is 1.60. The minimum atomic E-state index is -4.94. The molecule has 0 spiro atoms. The fourth-order valence-corrected chi connectivity index (χ4v) is 15.7. The highest BCUT2D eigenvalue weighted by Gasteiger charge is 2.32.